The normalized spacial score (nSPS) is 16.1. The van der Waals surface area contributed by atoms with Crippen LogP contribution in [-0.4, -0.2) is 65.9 Å². The molecule has 2 heterocycles. The Balaban J connectivity index is 1.87. The molecule has 0 saturated carbocycles. The molecule has 0 radical (unpaired) electrons. The molecule has 0 atom stereocenters. The Morgan fingerprint density at radius 1 is 1.13 bits per heavy atom. The van der Waals surface area contributed by atoms with Crippen molar-refractivity contribution in [3.63, 3.8) is 0 Å². The molecule has 1 aromatic heterocycles. The van der Waals surface area contributed by atoms with E-state index < -0.39 is 5.54 Å². The summed E-state index contributed by atoms with van der Waals surface area (Å²) in [4.78, 5) is 30.1. The summed E-state index contributed by atoms with van der Waals surface area (Å²) < 4.78 is 12.6. The van der Waals surface area contributed by atoms with Crippen molar-refractivity contribution in [3.05, 3.63) is 42.7 Å². The molecule has 162 valence electrons. The Kier molecular flexibility index (Phi) is 7.10. The second kappa shape index (κ2) is 9.75. The number of ether oxygens (including phenoxy) is 2. The fourth-order valence-corrected chi connectivity index (χ4v) is 4.11. The van der Waals surface area contributed by atoms with E-state index in [4.69, 9.17) is 9.47 Å². The molecule has 0 N–H and O–H groups in total. The quantitative estimate of drug-likeness (QED) is 0.617. The maximum Gasteiger partial charge on any atom is 0.332 e. The second-order valence-electron chi connectivity index (χ2n) is 7.39. The number of carbonyl (C=O) groups excluding carboxylic acids is 2. The lowest BCUT2D eigenvalue weighted by Gasteiger charge is -2.46. The largest absolute Gasteiger partial charge is 0.495 e. The molecule has 0 spiro atoms. The van der Waals surface area contributed by atoms with Crippen molar-refractivity contribution in [2.75, 3.05) is 38.8 Å². The van der Waals surface area contributed by atoms with Gasteiger partial charge in [-0.2, -0.15) is 5.10 Å². The maximum absolute atomic E-state index is 13.1. The average molecular weight is 415 g/mol. The zero-order valence-corrected chi connectivity index (χ0v) is 17.9. The van der Waals surface area contributed by atoms with E-state index in [2.05, 4.69) is 10.00 Å². The van der Waals surface area contributed by atoms with Gasteiger partial charge in [-0.25, -0.2) is 4.79 Å². The van der Waals surface area contributed by atoms with E-state index >= 15 is 0 Å². The number of amides is 1. The summed E-state index contributed by atoms with van der Waals surface area (Å²) in [5.41, 5.74) is -0.458. The Bertz CT molecular complexity index is 845. The van der Waals surface area contributed by atoms with Crippen LogP contribution in [0.1, 0.15) is 26.2 Å². The van der Waals surface area contributed by atoms with Crippen molar-refractivity contribution in [2.24, 2.45) is 0 Å². The van der Waals surface area contributed by atoms with Crippen molar-refractivity contribution in [1.82, 2.24) is 14.7 Å². The van der Waals surface area contributed by atoms with Crippen LogP contribution in [0.15, 0.2) is 42.7 Å². The summed E-state index contributed by atoms with van der Waals surface area (Å²) in [6, 6.07) is 9.22. The first kappa shape index (κ1) is 21.8. The molecule has 2 aromatic rings. The number of hydrogen-bond donors (Lipinski definition) is 0. The van der Waals surface area contributed by atoms with Crippen LogP contribution in [0.25, 0.3) is 0 Å². The third kappa shape index (κ3) is 4.33. The number of rotatable bonds is 8. The first-order chi connectivity index (χ1) is 14.6. The minimum atomic E-state index is -1.06. The van der Waals surface area contributed by atoms with Gasteiger partial charge in [-0.3, -0.25) is 14.4 Å². The zero-order valence-electron chi connectivity index (χ0n) is 17.9. The highest BCUT2D eigenvalue weighted by atomic mass is 16.5. The highest BCUT2D eigenvalue weighted by Crippen LogP contribution is 2.39. The lowest BCUT2D eigenvalue weighted by Crippen LogP contribution is -2.62. The number of likely N-dealkylation sites (tertiary alicyclic amines) is 1. The number of para-hydroxylation sites is 2. The lowest BCUT2D eigenvalue weighted by molar-refractivity contribution is -0.151. The van der Waals surface area contributed by atoms with Gasteiger partial charge in [0.25, 0.3) is 0 Å². The molecule has 8 nitrogen and oxygen atoms in total. The van der Waals surface area contributed by atoms with Crippen LogP contribution in [0, 0.1) is 0 Å². The molecule has 1 aliphatic heterocycles. The third-order valence-electron chi connectivity index (χ3n) is 5.76. The standard InChI is InChI=1S/C22H30N4O4/c1-4-20(27)26(18-8-5-6-9-19(18)29-2)22(21(28)30-3)10-14-24(15-11-22)16-17-25-13-7-12-23-25/h5-9,12-13H,4,10-11,14-17H2,1-3H3. The Labute approximate surface area is 177 Å². The molecule has 0 bridgehead atoms. The van der Waals surface area contributed by atoms with Crippen molar-refractivity contribution in [3.8, 4) is 5.75 Å². The summed E-state index contributed by atoms with van der Waals surface area (Å²) in [7, 11) is 2.95. The number of piperidine rings is 1. The molecule has 0 aliphatic carbocycles. The molecule has 1 fully saturated rings. The average Bonchev–Trinajstić information content (AvgIpc) is 3.32. The molecule has 8 heteroatoms. The fraction of sp³-hybridized carbons (Fsp3) is 0.500. The number of carbonyl (C=O) groups is 2. The number of methoxy groups -OCH3 is 2. The molecule has 30 heavy (non-hydrogen) atoms. The van der Waals surface area contributed by atoms with E-state index in [1.54, 1.807) is 31.2 Å². The van der Waals surface area contributed by atoms with Gasteiger partial charge in [0.15, 0.2) is 0 Å². The monoisotopic (exact) mass is 414 g/mol. The van der Waals surface area contributed by atoms with Crippen LogP contribution in [0.5, 0.6) is 5.75 Å². The molecule has 3 rings (SSSR count). The molecular weight excluding hydrogens is 384 g/mol. The van der Waals surface area contributed by atoms with Crippen molar-refractivity contribution in [2.45, 2.75) is 38.3 Å². The van der Waals surface area contributed by atoms with Crippen LogP contribution in [0.2, 0.25) is 0 Å². The van der Waals surface area contributed by atoms with Gasteiger partial charge in [0.1, 0.15) is 11.3 Å². The Morgan fingerprint density at radius 2 is 1.87 bits per heavy atom. The van der Waals surface area contributed by atoms with Gasteiger partial charge in [0.05, 0.1) is 26.5 Å². The van der Waals surface area contributed by atoms with Crippen LogP contribution in [0.4, 0.5) is 5.69 Å². The third-order valence-corrected chi connectivity index (χ3v) is 5.76. The van der Waals surface area contributed by atoms with Gasteiger partial charge in [-0.15, -0.1) is 0 Å². The Hall–Kier alpha value is -2.87. The lowest BCUT2D eigenvalue weighted by atomic mass is 9.84. The highest BCUT2D eigenvalue weighted by molar-refractivity contribution is 6.03. The fourth-order valence-electron chi connectivity index (χ4n) is 4.11. The van der Waals surface area contributed by atoms with Crippen LogP contribution in [0.3, 0.4) is 0 Å². The molecule has 0 unspecified atom stereocenters. The van der Waals surface area contributed by atoms with Gasteiger partial charge < -0.3 is 14.4 Å². The molecule has 1 aromatic carbocycles. The van der Waals surface area contributed by atoms with Crippen molar-refractivity contribution >= 4 is 17.6 Å². The van der Waals surface area contributed by atoms with Crippen LogP contribution in [-0.2, 0) is 20.9 Å². The van der Waals surface area contributed by atoms with Crippen molar-refractivity contribution < 1.29 is 19.1 Å². The predicted molar refractivity (Wildman–Crippen MR) is 113 cm³/mol. The van der Waals surface area contributed by atoms with Gasteiger partial charge in [-0.05, 0) is 31.0 Å². The molecular formula is C22H30N4O4. The Morgan fingerprint density at radius 3 is 2.47 bits per heavy atom. The number of esters is 1. The minimum Gasteiger partial charge on any atom is -0.495 e. The summed E-state index contributed by atoms with van der Waals surface area (Å²) in [5, 5.41) is 4.24. The van der Waals surface area contributed by atoms with E-state index in [0.29, 0.717) is 37.4 Å². The van der Waals surface area contributed by atoms with E-state index in [1.807, 2.05) is 35.1 Å². The number of hydrogen-bond acceptors (Lipinski definition) is 6. The highest BCUT2D eigenvalue weighted by Gasteiger charge is 2.50. The summed E-state index contributed by atoms with van der Waals surface area (Å²) in [6.45, 7) is 4.77. The predicted octanol–water partition coefficient (Wildman–Crippen LogP) is 2.34. The smallest absolute Gasteiger partial charge is 0.332 e. The summed E-state index contributed by atoms with van der Waals surface area (Å²) in [5.74, 6) is 0.0421. The summed E-state index contributed by atoms with van der Waals surface area (Å²) >= 11 is 0. The van der Waals surface area contributed by atoms with E-state index in [1.165, 1.54) is 7.11 Å². The van der Waals surface area contributed by atoms with Crippen molar-refractivity contribution in [1.29, 1.82) is 0 Å². The van der Waals surface area contributed by atoms with E-state index in [0.717, 1.165) is 13.1 Å². The van der Waals surface area contributed by atoms with E-state index in [9.17, 15) is 9.59 Å². The first-order valence-electron chi connectivity index (χ1n) is 10.3. The van der Waals surface area contributed by atoms with Crippen LogP contribution >= 0.6 is 0 Å². The van der Waals surface area contributed by atoms with E-state index in [-0.39, 0.29) is 18.3 Å². The van der Waals surface area contributed by atoms with Gasteiger partial charge >= 0.3 is 5.97 Å². The van der Waals surface area contributed by atoms with Gasteiger partial charge in [0, 0.05) is 38.4 Å². The minimum absolute atomic E-state index is 0.130. The summed E-state index contributed by atoms with van der Waals surface area (Å²) in [6.07, 6.45) is 4.96. The SMILES string of the molecule is CCC(=O)N(c1ccccc1OC)C1(C(=O)OC)CCN(CCn2cccn2)CC1. The number of anilines is 1. The topological polar surface area (TPSA) is 76.9 Å². The van der Waals surface area contributed by atoms with Gasteiger partial charge in [-0.1, -0.05) is 19.1 Å². The number of benzene rings is 1. The van der Waals surface area contributed by atoms with Gasteiger partial charge in [0.2, 0.25) is 5.91 Å². The number of aromatic nitrogens is 2. The zero-order chi connectivity index (χ0) is 21.6. The second-order valence-corrected chi connectivity index (χ2v) is 7.39. The first-order valence-corrected chi connectivity index (χ1v) is 10.3. The molecule has 1 amide bonds. The maximum atomic E-state index is 13.1. The number of nitrogens with zero attached hydrogens (tertiary/aromatic N) is 4. The molecule has 1 aliphatic rings. The van der Waals surface area contributed by atoms with Crippen LogP contribution < -0.4 is 9.64 Å². The molecule has 1 saturated heterocycles.